The molecule has 3 rings (SSSR count). The molecule has 0 aromatic heterocycles. The number of halogens is 1. The predicted octanol–water partition coefficient (Wildman–Crippen LogP) is 0.936. The van der Waals surface area contributed by atoms with Gasteiger partial charge in [0.15, 0.2) is 11.3 Å². The van der Waals surface area contributed by atoms with E-state index in [2.05, 4.69) is 0 Å². The number of aliphatic carboxylic acids is 1. The Bertz CT molecular complexity index is 286. The number of ketones is 1. The number of piperidine rings is 3. The van der Waals surface area contributed by atoms with E-state index in [9.17, 15) is 14.7 Å². The lowest BCUT2D eigenvalue weighted by atomic mass is 9.72. The van der Waals surface area contributed by atoms with Gasteiger partial charge in [-0.3, -0.25) is 9.69 Å². The van der Waals surface area contributed by atoms with Crippen LogP contribution >= 0.6 is 12.4 Å². The number of fused-ring (bicyclic) bond motifs is 3. The lowest BCUT2D eigenvalue weighted by Crippen LogP contribution is -2.68. The SMILES string of the molecule is CCC1(C(=O)O)C(=O)C2CCN1CC2.Cl. The molecule has 0 spiro atoms. The van der Waals surface area contributed by atoms with E-state index < -0.39 is 11.5 Å². The lowest BCUT2D eigenvalue weighted by molar-refractivity contribution is -0.169. The van der Waals surface area contributed by atoms with Crippen LogP contribution in [0.3, 0.4) is 0 Å². The van der Waals surface area contributed by atoms with Gasteiger partial charge in [-0.15, -0.1) is 12.4 Å². The van der Waals surface area contributed by atoms with E-state index in [0.29, 0.717) is 6.42 Å². The number of carbonyl (C=O) groups excluding carboxylic acids is 1. The monoisotopic (exact) mass is 233 g/mol. The summed E-state index contributed by atoms with van der Waals surface area (Å²) in [6.45, 7) is 3.31. The second kappa shape index (κ2) is 4.10. The molecule has 3 saturated heterocycles. The van der Waals surface area contributed by atoms with E-state index in [1.807, 2.05) is 4.90 Å². The Morgan fingerprint density at radius 1 is 1.53 bits per heavy atom. The molecule has 1 N–H and O–H groups in total. The lowest BCUT2D eigenvalue weighted by Gasteiger charge is -2.49. The number of rotatable bonds is 2. The average molecular weight is 234 g/mol. The molecule has 0 aromatic rings. The molecule has 4 nitrogen and oxygen atoms in total. The van der Waals surface area contributed by atoms with Gasteiger partial charge in [-0.05, 0) is 19.3 Å². The number of carbonyl (C=O) groups is 2. The van der Waals surface area contributed by atoms with Crippen LogP contribution in [-0.2, 0) is 9.59 Å². The van der Waals surface area contributed by atoms with Crippen molar-refractivity contribution in [1.82, 2.24) is 4.90 Å². The van der Waals surface area contributed by atoms with Gasteiger partial charge in [0.1, 0.15) is 0 Å². The van der Waals surface area contributed by atoms with Crippen molar-refractivity contribution in [3.63, 3.8) is 0 Å². The van der Waals surface area contributed by atoms with E-state index in [1.165, 1.54) is 0 Å². The summed E-state index contributed by atoms with van der Waals surface area (Å²) in [5.74, 6) is -1.03. The van der Waals surface area contributed by atoms with Crippen molar-refractivity contribution < 1.29 is 14.7 Å². The largest absolute Gasteiger partial charge is 0.480 e. The molecule has 1 atom stereocenters. The zero-order valence-electron chi connectivity index (χ0n) is 8.73. The van der Waals surface area contributed by atoms with E-state index in [1.54, 1.807) is 6.92 Å². The number of hydrogen-bond donors (Lipinski definition) is 1. The van der Waals surface area contributed by atoms with Gasteiger partial charge in [-0.25, -0.2) is 4.79 Å². The summed E-state index contributed by atoms with van der Waals surface area (Å²) in [6, 6.07) is 0. The highest BCUT2D eigenvalue weighted by Crippen LogP contribution is 2.38. The first-order valence-corrected chi connectivity index (χ1v) is 5.15. The van der Waals surface area contributed by atoms with Crippen LogP contribution in [0.4, 0.5) is 0 Å². The Morgan fingerprint density at radius 2 is 2.07 bits per heavy atom. The quantitative estimate of drug-likeness (QED) is 0.722. The van der Waals surface area contributed by atoms with Crippen molar-refractivity contribution in [1.29, 1.82) is 0 Å². The molecule has 1 unspecified atom stereocenters. The van der Waals surface area contributed by atoms with Crippen molar-refractivity contribution >= 4 is 24.2 Å². The van der Waals surface area contributed by atoms with Crippen molar-refractivity contribution in [2.75, 3.05) is 13.1 Å². The summed E-state index contributed by atoms with van der Waals surface area (Å²) in [4.78, 5) is 25.0. The summed E-state index contributed by atoms with van der Waals surface area (Å²) in [5.41, 5.74) is -1.19. The summed E-state index contributed by atoms with van der Waals surface area (Å²) in [7, 11) is 0. The molecule has 5 heteroatoms. The minimum atomic E-state index is -1.19. The summed E-state index contributed by atoms with van der Waals surface area (Å²) in [5, 5.41) is 9.22. The fraction of sp³-hybridized carbons (Fsp3) is 0.800. The van der Waals surface area contributed by atoms with E-state index in [-0.39, 0.29) is 24.1 Å². The maximum atomic E-state index is 12.0. The van der Waals surface area contributed by atoms with E-state index in [0.717, 1.165) is 25.9 Å². The maximum Gasteiger partial charge on any atom is 0.331 e. The van der Waals surface area contributed by atoms with Gasteiger partial charge in [0.05, 0.1) is 0 Å². The maximum absolute atomic E-state index is 12.0. The number of carboxylic acid groups (broad SMARTS) is 1. The van der Waals surface area contributed by atoms with Crippen LogP contribution in [0, 0.1) is 5.92 Å². The molecule has 0 aliphatic carbocycles. The fourth-order valence-corrected chi connectivity index (χ4v) is 2.81. The first kappa shape index (κ1) is 12.5. The highest BCUT2D eigenvalue weighted by molar-refractivity contribution is 6.09. The highest BCUT2D eigenvalue weighted by atomic mass is 35.5. The molecule has 3 aliphatic heterocycles. The van der Waals surface area contributed by atoms with Crippen LogP contribution in [-0.4, -0.2) is 40.4 Å². The Balaban J connectivity index is 0.00000112. The van der Waals surface area contributed by atoms with Crippen molar-refractivity contribution in [2.45, 2.75) is 31.7 Å². The minimum Gasteiger partial charge on any atom is -0.480 e. The molecule has 3 aliphatic rings. The second-order valence-corrected chi connectivity index (χ2v) is 4.14. The molecule has 0 amide bonds. The predicted molar refractivity (Wildman–Crippen MR) is 57.2 cm³/mol. The standard InChI is InChI=1S/C10H15NO3.ClH/c1-2-10(9(13)14)8(12)7-3-5-11(10)6-4-7;/h7H,2-6H2,1H3,(H,13,14);1H. The summed E-state index contributed by atoms with van der Waals surface area (Å²) in [6.07, 6.45) is 2.07. The van der Waals surface area contributed by atoms with Crippen LogP contribution in [0.25, 0.3) is 0 Å². The summed E-state index contributed by atoms with van der Waals surface area (Å²) >= 11 is 0. The smallest absolute Gasteiger partial charge is 0.331 e. The highest BCUT2D eigenvalue weighted by Gasteiger charge is 2.56. The Labute approximate surface area is 95.0 Å². The van der Waals surface area contributed by atoms with E-state index >= 15 is 0 Å². The molecule has 0 radical (unpaired) electrons. The minimum absolute atomic E-state index is 0. The van der Waals surface area contributed by atoms with Gasteiger partial charge in [0.2, 0.25) is 0 Å². The molecule has 15 heavy (non-hydrogen) atoms. The number of nitrogens with zero attached hydrogens (tertiary/aromatic N) is 1. The molecule has 86 valence electrons. The fourth-order valence-electron chi connectivity index (χ4n) is 2.81. The Hall–Kier alpha value is -0.610. The van der Waals surface area contributed by atoms with Gasteiger partial charge in [0, 0.05) is 19.0 Å². The third-order valence-electron chi connectivity index (χ3n) is 3.68. The molecule has 2 bridgehead atoms. The van der Waals surface area contributed by atoms with Crippen molar-refractivity contribution in [2.24, 2.45) is 5.92 Å². The van der Waals surface area contributed by atoms with Gasteiger partial charge in [-0.1, -0.05) is 6.92 Å². The van der Waals surface area contributed by atoms with Crippen molar-refractivity contribution in [3.8, 4) is 0 Å². The summed E-state index contributed by atoms with van der Waals surface area (Å²) < 4.78 is 0. The third kappa shape index (κ3) is 1.47. The van der Waals surface area contributed by atoms with Crippen LogP contribution < -0.4 is 0 Å². The van der Waals surface area contributed by atoms with Gasteiger partial charge < -0.3 is 5.11 Å². The second-order valence-electron chi connectivity index (χ2n) is 4.14. The van der Waals surface area contributed by atoms with Gasteiger partial charge in [0.25, 0.3) is 0 Å². The Kier molecular flexibility index (Phi) is 3.41. The number of hydrogen-bond acceptors (Lipinski definition) is 3. The van der Waals surface area contributed by atoms with Crippen LogP contribution in [0.15, 0.2) is 0 Å². The van der Waals surface area contributed by atoms with Crippen LogP contribution in [0.2, 0.25) is 0 Å². The molecular weight excluding hydrogens is 218 g/mol. The van der Waals surface area contributed by atoms with E-state index in [4.69, 9.17) is 0 Å². The zero-order chi connectivity index (χ0) is 10.3. The Morgan fingerprint density at radius 3 is 2.33 bits per heavy atom. The number of carboxylic acids is 1. The first-order chi connectivity index (χ1) is 6.63. The number of Topliss-reactive ketones (excluding diaryl/α,β-unsaturated/α-hetero) is 1. The van der Waals surface area contributed by atoms with Crippen LogP contribution in [0.5, 0.6) is 0 Å². The van der Waals surface area contributed by atoms with Gasteiger partial charge >= 0.3 is 5.97 Å². The van der Waals surface area contributed by atoms with Gasteiger partial charge in [-0.2, -0.15) is 0 Å². The molecule has 3 heterocycles. The topological polar surface area (TPSA) is 57.6 Å². The molecule has 0 saturated carbocycles. The molecular formula is C10H16ClNO3. The van der Waals surface area contributed by atoms with Crippen molar-refractivity contribution in [3.05, 3.63) is 0 Å². The first-order valence-electron chi connectivity index (χ1n) is 5.15. The van der Waals surface area contributed by atoms with Crippen LogP contribution in [0.1, 0.15) is 26.2 Å². The third-order valence-corrected chi connectivity index (χ3v) is 3.68. The molecule has 0 aromatic carbocycles. The normalized spacial score (nSPS) is 38.6. The zero-order valence-corrected chi connectivity index (χ0v) is 9.55. The molecule has 3 fully saturated rings. The average Bonchev–Trinajstić information content (AvgIpc) is 2.19.